The van der Waals surface area contributed by atoms with E-state index in [1.807, 2.05) is 17.1 Å². The zero-order valence-electron chi connectivity index (χ0n) is 7.66. The Morgan fingerprint density at radius 2 is 2.54 bits per heavy atom. The molecule has 0 atom stereocenters. The molecule has 0 fully saturated rings. The molecule has 0 amide bonds. The molecule has 0 spiro atoms. The second-order valence-corrected chi connectivity index (χ2v) is 4.57. The van der Waals surface area contributed by atoms with Crippen LogP contribution in [-0.2, 0) is 10.5 Å². The molecule has 74 valence electrons. The van der Waals surface area contributed by atoms with Crippen LogP contribution >= 0.6 is 23.1 Å². The van der Waals surface area contributed by atoms with Crippen molar-refractivity contribution >= 4 is 28.2 Å². The Morgan fingerprint density at radius 3 is 3.15 bits per heavy atom. The normalized spacial score (nSPS) is 10.5. The first-order chi connectivity index (χ1) is 6.33. The van der Waals surface area contributed by atoms with E-state index in [4.69, 9.17) is 10.5 Å². The van der Waals surface area contributed by atoms with Crippen LogP contribution in [0.2, 0.25) is 0 Å². The maximum absolute atomic E-state index is 5.51. The molecule has 1 heterocycles. The summed E-state index contributed by atoms with van der Waals surface area (Å²) in [6.07, 6.45) is 1.10. The number of nitrogen functional groups attached to an aromatic ring is 1. The van der Waals surface area contributed by atoms with Crippen LogP contribution in [0.4, 0.5) is 5.13 Å². The second-order valence-electron chi connectivity index (χ2n) is 2.58. The highest BCUT2D eigenvalue weighted by Gasteiger charge is 1.98. The van der Waals surface area contributed by atoms with Gasteiger partial charge >= 0.3 is 0 Å². The average Bonchev–Trinajstić information content (AvgIpc) is 2.51. The largest absolute Gasteiger partial charge is 0.385 e. The smallest absolute Gasteiger partial charge is 0.180 e. The number of ether oxygens (including phenoxy) is 1. The molecule has 13 heavy (non-hydrogen) atoms. The second kappa shape index (κ2) is 6.23. The lowest BCUT2D eigenvalue weighted by molar-refractivity contribution is 0.200. The Hall–Kier alpha value is -0.260. The molecule has 1 rings (SSSR count). The van der Waals surface area contributed by atoms with Crippen LogP contribution in [0.5, 0.6) is 0 Å². The van der Waals surface area contributed by atoms with Crippen molar-refractivity contribution in [3.8, 4) is 0 Å². The molecule has 1 aromatic rings. The third-order valence-corrected chi connectivity index (χ3v) is 3.26. The molecule has 0 aliphatic rings. The molecule has 0 saturated carbocycles. The predicted molar refractivity (Wildman–Crippen MR) is 59.2 cm³/mol. The molecule has 3 nitrogen and oxygen atoms in total. The first kappa shape index (κ1) is 10.8. The van der Waals surface area contributed by atoms with E-state index >= 15 is 0 Å². The number of aromatic nitrogens is 1. The average molecular weight is 218 g/mol. The summed E-state index contributed by atoms with van der Waals surface area (Å²) in [4.78, 5) is 4.17. The van der Waals surface area contributed by atoms with E-state index < -0.39 is 0 Å². The highest BCUT2D eigenvalue weighted by molar-refractivity contribution is 7.98. The number of hydrogen-bond donors (Lipinski definition) is 1. The fraction of sp³-hybridized carbons (Fsp3) is 0.625. The van der Waals surface area contributed by atoms with Crippen LogP contribution in [0.25, 0.3) is 0 Å². The number of nitrogens with two attached hydrogens (primary N) is 1. The van der Waals surface area contributed by atoms with Crippen molar-refractivity contribution in [3.05, 3.63) is 11.1 Å². The van der Waals surface area contributed by atoms with Gasteiger partial charge in [-0.2, -0.15) is 11.8 Å². The molecule has 0 unspecified atom stereocenters. The fourth-order valence-corrected chi connectivity index (χ4v) is 2.36. The molecule has 0 radical (unpaired) electrons. The number of thioether (sulfide) groups is 1. The van der Waals surface area contributed by atoms with Crippen LogP contribution in [-0.4, -0.2) is 24.5 Å². The van der Waals surface area contributed by atoms with Gasteiger partial charge in [-0.3, -0.25) is 0 Å². The summed E-state index contributed by atoms with van der Waals surface area (Å²) >= 11 is 3.37. The lowest BCUT2D eigenvalue weighted by Crippen LogP contribution is -1.91. The van der Waals surface area contributed by atoms with Crippen molar-refractivity contribution < 1.29 is 4.74 Å². The molecular weight excluding hydrogens is 204 g/mol. The topological polar surface area (TPSA) is 48.1 Å². The van der Waals surface area contributed by atoms with Gasteiger partial charge in [-0.05, 0) is 12.2 Å². The van der Waals surface area contributed by atoms with Crippen LogP contribution in [0.15, 0.2) is 5.38 Å². The van der Waals surface area contributed by atoms with Crippen molar-refractivity contribution in [2.24, 2.45) is 0 Å². The van der Waals surface area contributed by atoms with Crippen molar-refractivity contribution in [1.82, 2.24) is 4.98 Å². The SMILES string of the molecule is COCCCSCc1csc(N)n1. The summed E-state index contributed by atoms with van der Waals surface area (Å²) in [5, 5.41) is 2.67. The summed E-state index contributed by atoms with van der Waals surface area (Å²) in [6.45, 7) is 0.839. The van der Waals surface area contributed by atoms with Gasteiger partial charge in [-0.15, -0.1) is 11.3 Å². The minimum absolute atomic E-state index is 0.660. The number of hydrogen-bond acceptors (Lipinski definition) is 5. The molecular formula is C8H14N2OS2. The number of methoxy groups -OCH3 is 1. The third kappa shape index (κ3) is 4.50. The van der Waals surface area contributed by atoms with Gasteiger partial charge in [-0.1, -0.05) is 0 Å². The van der Waals surface area contributed by atoms with E-state index in [0.29, 0.717) is 5.13 Å². The van der Waals surface area contributed by atoms with Gasteiger partial charge in [0.05, 0.1) is 5.69 Å². The first-order valence-electron chi connectivity index (χ1n) is 4.09. The highest BCUT2D eigenvalue weighted by Crippen LogP contribution is 2.17. The maximum Gasteiger partial charge on any atom is 0.180 e. The van der Waals surface area contributed by atoms with E-state index in [2.05, 4.69) is 4.98 Å². The van der Waals surface area contributed by atoms with Gasteiger partial charge in [0.2, 0.25) is 0 Å². The summed E-state index contributed by atoms with van der Waals surface area (Å²) in [7, 11) is 1.73. The zero-order chi connectivity index (χ0) is 9.52. The quantitative estimate of drug-likeness (QED) is 0.742. The van der Waals surface area contributed by atoms with Gasteiger partial charge in [0.15, 0.2) is 5.13 Å². The van der Waals surface area contributed by atoms with Gasteiger partial charge in [0, 0.05) is 24.8 Å². The minimum atomic E-state index is 0.660. The molecule has 5 heteroatoms. The van der Waals surface area contributed by atoms with E-state index in [-0.39, 0.29) is 0 Å². The lowest BCUT2D eigenvalue weighted by atomic mass is 10.5. The summed E-state index contributed by atoms with van der Waals surface area (Å²) in [5.74, 6) is 2.07. The van der Waals surface area contributed by atoms with E-state index in [1.165, 1.54) is 11.3 Å². The van der Waals surface area contributed by atoms with Gasteiger partial charge in [0.1, 0.15) is 0 Å². The molecule has 0 bridgehead atoms. The number of anilines is 1. The molecule has 0 aromatic carbocycles. The minimum Gasteiger partial charge on any atom is -0.385 e. The van der Waals surface area contributed by atoms with Gasteiger partial charge in [0.25, 0.3) is 0 Å². The number of nitrogens with zero attached hydrogens (tertiary/aromatic N) is 1. The summed E-state index contributed by atoms with van der Waals surface area (Å²) < 4.78 is 4.95. The Balaban J connectivity index is 2.06. The van der Waals surface area contributed by atoms with E-state index in [1.54, 1.807) is 7.11 Å². The van der Waals surface area contributed by atoms with Gasteiger partial charge < -0.3 is 10.5 Å². The molecule has 2 N–H and O–H groups in total. The van der Waals surface area contributed by atoms with Crippen LogP contribution in [0.3, 0.4) is 0 Å². The molecule has 0 saturated heterocycles. The Labute approximate surface area is 86.7 Å². The highest BCUT2D eigenvalue weighted by atomic mass is 32.2. The van der Waals surface area contributed by atoms with Crippen molar-refractivity contribution in [1.29, 1.82) is 0 Å². The van der Waals surface area contributed by atoms with Crippen LogP contribution < -0.4 is 5.73 Å². The summed E-state index contributed by atoms with van der Waals surface area (Å²) in [6, 6.07) is 0. The lowest BCUT2D eigenvalue weighted by Gasteiger charge is -1.98. The first-order valence-corrected chi connectivity index (χ1v) is 6.13. The third-order valence-electron chi connectivity index (χ3n) is 1.46. The molecule has 0 aliphatic heterocycles. The maximum atomic E-state index is 5.51. The van der Waals surface area contributed by atoms with Crippen LogP contribution in [0.1, 0.15) is 12.1 Å². The number of rotatable bonds is 6. The Morgan fingerprint density at radius 1 is 1.69 bits per heavy atom. The van der Waals surface area contributed by atoms with Crippen LogP contribution in [0, 0.1) is 0 Å². The zero-order valence-corrected chi connectivity index (χ0v) is 9.29. The van der Waals surface area contributed by atoms with Crippen molar-refractivity contribution in [2.45, 2.75) is 12.2 Å². The molecule has 1 aromatic heterocycles. The molecule has 0 aliphatic carbocycles. The van der Waals surface area contributed by atoms with Crippen molar-refractivity contribution in [2.75, 3.05) is 25.2 Å². The van der Waals surface area contributed by atoms with E-state index in [0.717, 1.165) is 30.2 Å². The Bertz CT molecular complexity index is 240. The fourth-order valence-electron chi connectivity index (χ4n) is 0.871. The summed E-state index contributed by atoms with van der Waals surface area (Å²) in [5.41, 5.74) is 6.60. The van der Waals surface area contributed by atoms with E-state index in [9.17, 15) is 0 Å². The van der Waals surface area contributed by atoms with Gasteiger partial charge in [-0.25, -0.2) is 4.98 Å². The standard InChI is InChI=1S/C8H14N2OS2/c1-11-3-2-4-12-5-7-6-13-8(9)10-7/h6H,2-5H2,1H3,(H2,9,10). The number of thiazole rings is 1. The van der Waals surface area contributed by atoms with Crippen molar-refractivity contribution in [3.63, 3.8) is 0 Å². The predicted octanol–water partition coefficient (Wildman–Crippen LogP) is 1.99. The monoisotopic (exact) mass is 218 g/mol. The Kier molecular flexibility index (Phi) is 5.19.